The molecule has 8 heteroatoms. The van der Waals surface area contributed by atoms with Crippen molar-refractivity contribution in [3.05, 3.63) is 63.6 Å². The molecule has 2 aliphatic heterocycles. The molecular weight excluding hydrogens is 439 g/mol. The summed E-state index contributed by atoms with van der Waals surface area (Å²) in [5, 5.41) is 4.10. The number of nitrogens with one attached hydrogen (secondary N) is 1. The number of piperidine rings is 1. The molecule has 164 valence electrons. The number of hydrogen-bond donors (Lipinski definition) is 1. The maximum atomic E-state index is 12.9. The molecule has 2 aromatic carbocycles. The molecule has 2 unspecified atom stereocenters. The number of benzene rings is 2. The van der Waals surface area contributed by atoms with Crippen molar-refractivity contribution in [2.75, 3.05) is 7.11 Å². The molecule has 0 aliphatic carbocycles. The lowest BCUT2D eigenvalue weighted by atomic mass is 10.00. The van der Waals surface area contributed by atoms with Gasteiger partial charge in [-0.2, -0.15) is 0 Å². The van der Waals surface area contributed by atoms with Crippen LogP contribution in [0.15, 0.2) is 42.5 Å². The van der Waals surface area contributed by atoms with Gasteiger partial charge in [0.05, 0.1) is 12.7 Å². The fourth-order valence-electron chi connectivity index (χ4n) is 4.46. The highest BCUT2D eigenvalue weighted by Gasteiger charge is 2.44. The second kappa shape index (κ2) is 9.37. The number of esters is 1. The maximum Gasteiger partial charge on any atom is 0.337 e. The molecule has 2 bridgehead atoms. The number of ether oxygens (including phenoxy) is 2. The number of amides is 2. The van der Waals surface area contributed by atoms with Crippen LogP contribution < -0.4 is 10.1 Å². The standard InChI is InChI=1S/C23H24Cl2N2O4/c1-30-22(28)14-3-8-19(9-4-14)31-20-11-17-6-7-18(12-20)27(17)23(29)26-13-15-2-5-16(24)10-21(15)25/h2-5,8-10,17-18,20H,6-7,11-13H2,1H3,(H,26,29). The zero-order chi connectivity index (χ0) is 22.0. The molecule has 2 heterocycles. The summed E-state index contributed by atoms with van der Waals surface area (Å²) in [5.41, 5.74) is 1.32. The summed E-state index contributed by atoms with van der Waals surface area (Å²) in [6.45, 7) is 0.358. The van der Waals surface area contributed by atoms with Crippen molar-refractivity contribution >= 4 is 35.2 Å². The second-order valence-electron chi connectivity index (χ2n) is 7.91. The fraction of sp³-hybridized carbons (Fsp3) is 0.391. The molecule has 0 saturated carbocycles. The van der Waals surface area contributed by atoms with E-state index in [4.69, 9.17) is 32.7 Å². The smallest absolute Gasteiger partial charge is 0.337 e. The van der Waals surface area contributed by atoms with Crippen LogP contribution in [0.5, 0.6) is 5.75 Å². The van der Waals surface area contributed by atoms with Gasteiger partial charge in [0, 0.05) is 41.5 Å². The van der Waals surface area contributed by atoms with Crippen LogP contribution >= 0.6 is 23.2 Å². The Hall–Kier alpha value is -2.44. The molecule has 2 atom stereocenters. The van der Waals surface area contributed by atoms with Crippen LogP contribution in [0.1, 0.15) is 41.6 Å². The van der Waals surface area contributed by atoms with Crippen molar-refractivity contribution in [3.63, 3.8) is 0 Å². The number of methoxy groups -OCH3 is 1. The molecular formula is C23H24Cl2N2O4. The lowest BCUT2D eigenvalue weighted by Crippen LogP contribution is -2.52. The number of halogens is 2. The van der Waals surface area contributed by atoms with Crippen LogP contribution in [0.3, 0.4) is 0 Å². The summed E-state index contributed by atoms with van der Waals surface area (Å²) in [7, 11) is 1.36. The minimum Gasteiger partial charge on any atom is -0.490 e. The molecule has 2 amide bonds. The highest BCUT2D eigenvalue weighted by atomic mass is 35.5. The van der Waals surface area contributed by atoms with Crippen molar-refractivity contribution in [2.45, 2.75) is 50.4 Å². The van der Waals surface area contributed by atoms with Crippen molar-refractivity contribution in [1.29, 1.82) is 0 Å². The first kappa shape index (κ1) is 21.8. The van der Waals surface area contributed by atoms with Gasteiger partial charge < -0.3 is 19.7 Å². The van der Waals surface area contributed by atoms with Gasteiger partial charge in [-0.05, 0) is 54.8 Å². The third kappa shape index (κ3) is 4.91. The zero-order valence-corrected chi connectivity index (χ0v) is 18.7. The van der Waals surface area contributed by atoms with Gasteiger partial charge in [0.2, 0.25) is 0 Å². The molecule has 0 spiro atoms. The zero-order valence-electron chi connectivity index (χ0n) is 17.1. The van der Waals surface area contributed by atoms with Gasteiger partial charge in [-0.25, -0.2) is 9.59 Å². The molecule has 2 fully saturated rings. The van der Waals surface area contributed by atoms with Crippen LogP contribution in [0.2, 0.25) is 10.0 Å². The number of rotatable bonds is 5. The number of carbonyl (C=O) groups excluding carboxylic acids is 2. The second-order valence-corrected chi connectivity index (χ2v) is 8.76. The van der Waals surface area contributed by atoms with Gasteiger partial charge in [-0.3, -0.25) is 0 Å². The van der Waals surface area contributed by atoms with Gasteiger partial charge in [0.25, 0.3) is 0 Å². The van der Waals surface area contributed by atoms with E-state index in [-0.39, 0.29) is 30.2 Å². The number of hydrogen-bond acceptors (Lipinski definition) is 4. The van der Waals surface area contributed by atoms with Crippen LogP contribution in [0.4, 0.5) is 4.79 Å². The average Bonchev–Trinajstić information content (AvgIpc) is 3.03. The van der Waals surface area contributed by atoms with Crippen LogP contribution in [0.25, 0.3) is 0 Å². The van der Waals surface area contributed by atoms with E-state index in [9.17, 15) is 9.59 Å². The Morgan fingerprint density at radius 1 is 1.06 bits per heavy atom. The van der Waals surface area contributed by atoms with E-state index < -0.39 is 0 Å². The van der Waals surface area contributed by atoms with Gasteiger partial charge in [-0.15, -0.1) is 0 Å². The Kier molecular flexibility index (Phi) is 6.58. The minimum atomic E-state index is -0.371. The van der Waals surface area contributed by atoms with E-state index in [0.717, 1.165) is 31.2 Å². The number of carbonyl (C=O) groups is 2. The van der Waals surface area contributed by atoms with E-state index >= 15 is 0 Å². The van der Waals surface area contributed by atoms with Crippen LogP contribution in [-0.4, -0.2) is 42.2 Å². The van der Waals surface area contributed by atoms with Crippen LogP contribution in [-0.2, 0) is 11.3 Å². The van der Waals surface area contributed by atoms with E-state index in [2.05, 4.69) is 5.32 Å². The number of urea groups is 1. The van der Waals surface area contributed by atoms with Crippen molar-refractivity contribution in [1.82, 2.24) is 10.2 Å². The summed E-state index contributed by atoms with van der Waals surface area (Å²) >= 11 is 12.1. The summed E-state index contributed by atoms with van der Waals surface area (Å²) < 4.78 is 10.9. The van der Waals surface area contributed by atoms with Gasteiger partial charge in [0.15, 0.2) is 0 Å². The van der Waals surface area contributed by atoms with Crippen molar-refractivity contribution < 1.29 is 19.1 Å². The van der Waals surface area contributed by atoms with Gasteiger partial charge in [-0.1, -0.05) is 29.3 Å². The normalized spacial score (nSPS) is 22.2. The molecule has 1 N–H and O–H groups in total. The fourth-order valence-corrected chi connectivity index (χ4v) is 4.94. The quantitative estimate of drug-likeness (QED) is 0.630. The predicted molar refractivity (Wildman–Crippen MR) is 119 cm³/mol. The Morgan fingerprint density at radius 2 is 1.74 bits per heavy atom. The average molecular weight is 463 g/mol. The van der Waals surface area contributed by atoms with E-state index in [0.29, 0.717) is 27.9 Å². The Morgan fingerprint density at radius 3 is 2.35 bits per heavy atom. The van der Waals surface area contributed by atoms with Crippen molar-refractivity contribution in [2.24, 2.45) is 0 Å². The molecule has 6 nitrogen and oxygen atoms in total. The highest BCUT2D eigenvalue weighted by Crippen LogP contribution is 2.37. The molecule has 31 heavy (non-hydrogen) atoms. The third-order valence-electron chi connectivity index (χ3n) is 5.95. The SMILES string of the molecule is COC(=O)c1ccc(OC2CC3CCC(C2)N3C(=O)NCc2ccc(Cl)cc2Cl)cc1. The first-order valence-corrected chi connectivity index (χ1v) is 11.1. The number of nitrogens with zero attached hydrogens (tertiary/aromatic N) is 1. The monoisotopic (exact) mass is 462 g/mol. The summed E-state index contributed by atoms with van der Waals surface area (Å²) in [4.78, 5) is 26.4. The minimum absolute atomic E-state index is 0.0382. The predicted octanol–water partition coefficient (Wildman–Crippen LogP) is 5.06. The first-order chi connectivity index (χ1) is 14.9. The Labute approximate surface area is 191 Å². The summed E-state index contributed by atoms with van der Waals surface area (Å²) in [6.07, 6.45) is 3.55. The third-order valence-corrected chi connectivity index (χ3v) is 6.53. The first-order valence-electron chi connectivity index (χ1n) is 10.3. The largest absolute Gasteiger partial charge is 0.490 e. The summed E-state index contributed by atoms with van der Waals surface area (Å²) in [6, 6.07) is 12.4. The Balaban J connectivity index is 1.33. The number of fused-ring (bicyclic) bond motifs is 2. The molecule has 2 aromatic rings. The highest BCUT2D eigenvalue weighted by molar-refractivity contribution is 6.35. The van der Waals surface area contributed by atoms with Crippen molar-refractivity contribution in [3.8, 4) is 5.75 Å². The lowest BCUT2D eigenvalue weighted by Gasteiger charge is -2.38. The molecule has 4 rings (SSSR count). The topological polar surface area (TPSA) is 67.9 Å². The van der Waals surface area contributed by atoms with E-state index in [1.165, 1.54) is 7.11 Å². The van der Waals surface area contributed by atoms with E-state index in [1.807, 2.05) is 11.0 Å². The molecule has 0 aromatic heterocycles. The Bertz CT molecular complexity index is 953. The van der Waals surface area contributed by atoms with Crippen LogP contribution in [0, 0.1) is 0 Å². The molecule has 2 aliphatic rings. The lowest BCUT2D eigenvalue weighted by molar-refractivity contribution is 0.0600. The van der Waals surface area contributed by atoms with E-state index in [1.54, 1.807) is 36.4 Å². The van der Waals surface area contributed by atoms with Gasteiger partial charge in [0.1, 0.15) is 11.9 Å². The molecule has 0 radical (unpaired) electrons. The van der Waals surface area contributed by atoms with Gasteiger partial charge >= 0.3 is 12.0 Å². The maximum absolute atomic E-state index is 12.9. The summed E-state index contributed by atoms with van der Waals surface area (Å²) in [5.74, 6) is 0.344. The molecule has 2 saturated heterocycles.